The van der Waals surface area contributed by atoms with Gasteiger partial charge in [-0.3, -0.25) is 0 Å². The molecule has 0 saturated carbocycles. The van der Waals surface area contributed by atoms with Gasteiger partial charge in [-0.05, 0) is 24.0 Å². The molecule has 7 heteroatoms. The number of amides is 2. The van der Waals surface area contributed by atoms with Gasteiger partial charge in [-0.25, -0.2) is 4.79 Å². The van der Waals surface area contributed by atoms with Crippen LogP contribution >= 0.6 is 0 Å². The Hall–Kier alpha value is -1.89. The van der Waals surface area contributed by atoms with Crippen molar-refractivity contribution in [3.8, 4) is 5.75 Å². The number of benzene rings is 1. The van der Waals surface area contributed by atoms with E-state index in [9.17, 15) is 18.7 Å². The van der Waals surface area contributed by atoms with Gasteiger partial charge >= 0.3 is 12.6 Å². The molecule has 0 saturated heterocycles. The standard InChI is InChI=1S/C15H22F2N2O3/c1-9-5-6-10(7-11(9)22-13(16)17)19-14(21)18-8-12(20)15(2,3)4/h5-7,12-13,20H,8H2,1-4H3,(H2,18,19,21). The van der Waals surface area contributed by atoms with Crippen molar-refractivity contribution in [3.05, 3.63) is 23.8 Å². The summed E-state index contributed by atoms with van der Waals surface area (Å²) in [5.74, 6) is 0.00234. The number of aliphatic hydroxyl groups is 1. The lowest BCUT2D eigenvalue weighted by Crippen LogP contribution is -2.40. The number of aryl methyl sites for hydroxylation is 1. The average molecular weight is 316 g/mol. The molecule has 0 aliphatic heterocycles. The first-order chi connectivity index (χ1) is 10.1. The molecular formula is C15H22F2N2O3. The molecule has 0 aliphatic carbocycles. The van der Waals surface area contributed by atoms with Crippen LogP contribution < -0.4 is 15.4 Å². The highest BCUT2D eigenvalue weighted by atomic mass is 19.3. The van der Waals surface area contributed by atoms with Crippen LogP contribution in [0.25, 0.3) is 0 Å². The highest BCUT2D eigenvalue weighted by Crippen LogP contribution is 2.24. The van der Waals surface area contributed by atoms with E-state index in [0.717, 1.165) is 0 Å². The number of ether oxygens (including phenoxy) is 1. The number of urea groups is 1. The Bertz CT molecular complexity index is 516. The van der Waals surface area contributed by atoms with Crippen LogP contribution in [0.4, 0.5) is 19.3 Å². The summed E-state index contributed by atoms with van der Waals surface area (Å²) in [5.41, 5.74) is 0.508. The third-order valence-electron chi connectivity index (χ3n) is 3.12. The second-order valence-electron chi connectivity index (χ2n) is 6.08. The fourth-order valence-corrected chi connectivity index (χ4v) is 1.57. The van der Waals surface area contributed by atoms with E-state index in [1.165, 1.54) is 6.07 Å². The van der Waals surface area contributed by atoms with Crippen molar-refractivity contribution in [1.29, 1.82) is 0 Å². The number of halogens is 2. The lowest BCUT2D eigenvalue weighted by atomic mass is 9.89. The first kappa shape index (κ1) is 18.2. The normalized spacial score (nSPS) is 12.9. The molecule has 0 heterocycles. The molecule has 124 valence electrons. The second kappa shape index (κ2) is 7.40. The van der Waals surface area contributed by atoms with Crippen LogP contribution in [-0.2, 0) is 0 Å². The maximum atomic E-state index is 12.3. The van der Waals surface area contributed by atoms with Gasteiger partial charge in [-0.2, -0.15) is 8.78 Å². The lowest BCUT2D eigenvalue weighted by Gasteiger charge is -2.25. The fourth-order valence-electron chi connectivity index (χ4n) is 1.57. The molecule has 0 radical (unpaired) electrons. The van der Waals surface area contributed by atoms with Crippen molar-refractivity contribution in [3.63, 3.8) is 0 Å². The zero-order valence-corrected chi connectivity index (χ0v) is 13.1. The molecule has 1 unspecified atom stereocenters. The van der Waals surface area contributed by atoms with Crippen LogP contribution in [0.15, 0.2) is 18.2 Å². The molecule has 0 bridgehead atoms. The third-order valence-corrected chi connectivity index (χ3v) is 3.12. The highest BCUT2D eigenvalue weighted by Gasteiger charge is 2.22. The van der Waals surface area contributed by atoms with Crippen molar-refractivity contribution < 1.29 is 23.4 Å². The van der Waals surface area contributed by atoms with Crippen molar-refractivity contribution >= 4 is 11.7 Å². The van der Waals surface area contributed by atoms with Gasteiger partial charge in [0.15, 0.2) is 0 Å². The predicted molar refractivity (Wildman–Crippen MR) is 80.3 cm³/mol. The summed E-state index contributed by atoms with van der Waals surface area (Å²) in [6, 6.07) is 3.93. The molecular weight excluding hydrogens is 294 g/mol. The van der Waals surface area contributed by atoms with E-state index in [1.807, 2.05) is 20.8 Å². The summed E-state index contributed by atoms with van der Waals surface area (Å²) in [7, 11) is 0. The Kier molecular flexibility index (Phi) is 6.11. The smallest absolute Gasteiger partial charge is 0.387 e. The van der Waals surface area contributed by atoms with Gasteiger partial charge in [0.2, 0.25) is 0 Å². The summed E-state index contributed by atoms with van der Waals surface area (Å²) < 4.78 is 28.9. The van der Waals surface area contributed by atoms with E-state index < -0.39 is 18.7 Å². The summed E-state index contributed by atoms with van der Waals surface area (Å²) in [6.07, 6.45) is -0.700. The minimum Gasteiger partial charge on any atom is -0.434 e. The number of anilines is 1. The van der Waals surface area contributed by atoms with Gasteiger partial charge in [0, 0.05) is 18.3 Å². The van der Waals surface area contributed by atoms with Crippen molar-refractivity contribution in [2.45, 2.75) is 40.4 Å². The molecule has 0 fully saturated rings. The van der Waals surface area contributed by atoms with Crippen LogP contribution in [0.3, 0.4) is 0 Å². The summed E-state index contributed by atoms with van der Waals surface area (Å²) >= 11 is 0. The Morgan fingerprint density at radius 1 is 1.36 bits per heavy atom. The fraction of sp³-hybridized carbons (Fsp3) is 0.533. The van der Waals surface area contributed by atoms with E-state index in [-0.39, 0.29) is 17.7 Å². The monoisotopic (exact) mass is 316 g/mol. The van der Waals surface area contributed by atoms with Gasteiger partial charge in [0.1, 0.15) is 5.75 Å². The van der Waals surface area contributed by atoms with Crippen LogP contribution in [0.5, 0.6) is 5.75 Å². The van der Waals surface area contributed by atoms with Crippen molar-refractivity contribution in [2.24, 2.45) is 5.41 Å². The molecule has 22 heavy (non-hydrogen) atoms. The van der Waals surface area contributed by atoms with E-state index >= 15 is 0 Å². The van der Waals surface area contributed by atoms with Gasteiger partial charge in [0.25, 0.3) is 0 Å². The van der Waals surface area contributed by atoms with Crippen molar-refractivity contribution in [2.75, 3.05) is 11.9 Å². The number of rotatable bonds is 5. The van der Waals surface area contributed by atoms with E-state index in [2.05, 4.69) is 15.4 Å². The van der Waals surface area contributed by atoms with E-state index in [4.69, 9.17) is 0 Å². The number of nitrogens with one attached hydrogen (secondary N) is 2. The summed E-state index contributed by atoms with van der Waals surface area (Å²) in [4.78, 5) is 11.7. The summed E-state index contributed by atoms with van der Waals surface area (Å²) in [5, 5.41) is 14.9. The molecule has 1 aromatic rings. The SMILES string of the molecule is Cc1ccc(NC(=O)NCC(O)C(C)(C)C)cc1OC(F)F. The quantitative estimate of drug-likeness (QED) is 0.781. The zero-order valence-electron chi connectivity index (χ0n) is 13.1. The lowest BCUT2D eigenvalue weighted by molar-refractivity contribution is -0.0502. The summed E-state index contributed by atoms with van der Waals surface area (Å²) in [6.45, 7) is 4.34. The Balaban J connectivity index is 2.61. The Morgan fingerprint density at radius 2 is 2.00 bits per heavy atom. The number of carbonyl (C=O) groups is 1. The third kappa shape index (κ3) is 5.85. The topological polar surface area (TPSA) is 70.6 Å². The Morgan fingerprint density at radius 3 is 2.55 bits per heavy atom. The molecule has 3 N–H and O–H groups in total. The van der Waals surface area contributed by atoms with Gasteiger partial charge in [0.05, 0.1) is 6.10 Å². The number of hydrogen-bond acceptors (Lipinski definition) is 3. The zero-order chi connectivity index (χ0) is 16.9. The largest absolute Gasteiger partial charge is 0.434 e. The molecule has 1 rings (SSSR count). The van der Waals surface area contributed by atoms with Crippen LogP contribution in [0.2, 0.25) is 0 Å². The number of carbonyl (C=O) groups excluding carboxylic acids is 1. The van der Waals surface area contributed by atoms with Gasteiger partial charge in [-0.15, -0.1) is 0 Å². The van der Waals surface area contributed by atoms with Crippen LogP contribution in [-0.4, -0.2) is 30.4 Å². The van der Waals surface area contributed by atoms with E-state index in [0.29, 0.717) is 11.3 Å². The second-order valence-corrected chi connectivity index (χ2v) is 6.08. The first-order valence-electron chi connectivity index (χ1n) is 6.88. The predicted octanol–water partition coefficient (Wildman–Crippen LogP) is 3.12. The minimum atomic E-state index is -2.93. The molecule has 0 aromatic heterocycles. The van der Waals surface area contributed by atoms with Gasteiger partial charge in [-0.1, -0.05) is 26.8 Å². The minimum absolute atomic E-state index is 0.00234. The maximum Gasteiger partial charge on any atom is 0.387 e. The molecule has 1 aromatic carbocycles. The van der Waals surface area contributed by atoms with Crippen LogP contribution in [0, 0.1) is 12.3 Å². The molecule has 2 amide bonds. The van der Waals surface area contributed by atoms with Crippen LogP contribution in [0.1, 0.15) is 26.3 Å². The number of alkyl halides is 2. The van der Waals surface area contributed by atoms with Gasteiger partial charge < -0.3 is 20.5 Å². The number of aliphatic hydroxyl groups excluding tert-OH is 1. The molecule has 1 atom stereocenters. The first-order valence-corrected chi connectivity index (χ1v) is 6.88. The molecule has 0 aliphatic rings. The maximum absolute atomic E-state index is 12.3. The average Bonchev–Trinajstić information content (AvgIpc) is 2.38. The van der Waals surface area contributed by atoms with Crippen molar-refractivity contribution in [1.82, 2.24) is 5.32 Å². The van der Waals surface area contributed by atoms with E-state index in [1.54, 1.807) is 19.1 Å². The number of hydrogen-bond donors (Lipinski definition) is 3. The highest BCUT2D eigenvalue weighted by molar-refractivity contribution is 5.89. The molecule has 5 nitrogen and oxygen atoms in total. The molecule has 0 spiro atoms. The Labute approximate surface area is 128 Å².